The van der Waals surface area contributed by atoms with Gasteiger partial charge in [0.1, 0.15) is 12.1 Å². The van der Waals surface area contributed by atoms with Crippen LogP contribution in [0.2, 0.25) is 0 Å². The van der Waals surface area contributed by atoms with Crippen molar-refractivity contribution in [2.24, 2.45) is 0 Å². The second kappa shape index (κ2) is 6.85. The van der Waals surface area contributed by atoms with Gasteiger partial charge in [0.25, 0.3) is 5.91 Å². The number of carbonyl (C=O) groups excluding carboxylic acids is 1. The molecule has 2 aromatic rings. The van der Waals surface area contributed by atoms with Gasteiger partial charge in [0.05, 0.1) is 24.0 Å². The van der Waals surface area contributed by atoms with E-state index in [2.05, 4.69) is 33.5 Å². The number of carbonyl (C=O) groups is 1. The van der Waals surface area contributed by atoms with Crippen LogP contribution in [0.5, 0.6) is 0 Å². The molecule has 1 amide bonds. The lowest BCUT2D eigenvalue weighted by Gasteiger charge is -2.27. The number of fused-ring (bicyclic) bond motifs is 1. The monoisotopic (exact) mass is 359 g/mol. The second-order valence-electron chi connectivity index (χ2n) is 7.38. The van der Waals surface area contributed by atoms with E-state index in [0.29, 0.717) is 50.6 Å². The Morgan fingerprint density at radius 1 is 1.31 bits per heavy atom. The van der Waals surface area contributed by atoms with Gasteiger partial charge in [-0.05, 0) is 26.3 Å². The molecule has 1 N–H and O–H groups in total. The molecular formula is C18H25N5O3. The molecule has 0 saturated carbocycles. The molecule has 2 atom stereocenters. The van der Waals surface area contributed by atoms with E-state index in [9.17, 15) is 9.90 Å². The first-order chi connectivity index (χ1) is 12.5. The maximum absolute atomic E-state index is 12.6. The highest BCUT2D eigenvalue weighted by Crippen LogP contribution is 2.33. The van der Waals surface area contributed by atoms with Crippen LogP contribution in [0.3, 0.4) is 0 Å². The zero-order valence-corrected chi connectivity index (χ0v) is 15.2. The molecule has 8 nitrogen and oxygen atoms in total. The first-order valence-electron chi connectivity index (χ1n) is 9.22. The summed E-state index contributed by atoms with van der Waals surface area (Å²) in [5.41, 5.74) is 0.577. The van der Waals surface area contributed by atoms with E-state index in [1.165, 1.54) is 12.5 Å². The number of amides is 1. The summed E-state index contributed by atoms with van der Waals surface area (Å²) in [4.78, 5) is 16.7. The number of furan rings is 1. The van der Waals surface area contributed by atoms with Crippen LogP contribution in [0.4, 0.5) is 0 Å². The van der Waals surface area contributed by atoms with Crippen LogP contribution in [0.1, 0.15) is 48.3 Å². The molecule has 2 aliphatic rings. The summed E-state index contributed by atoms with van der Waals surface area (Å²) in [6.07, 6.45) is 4.02. The zero-order valence-electron chi connectivity index (χ0n) is 15.2. The molecular weight excluding hydrogens is 334 g/mol. The summed E-state index contributed by atoms with van der Waals surface area (Å²) >= 11 is 0. The summed E-state index contributed by atoms with van der Waals surface area (Å²) in [6, 6.07) is 2.09. The average Bonchev–Trinajstić information content (AvgIpc) is 3.32. The largest absolute Gasteiger partial charge is 0.472 e. The standard InChI is InChI=1S/C18H25N5O3/c1-12(2)23-10-14(24)9-15(23)17-20-19-16-3-5-21(6-7-22(16)17)18(25)13-4-8-26-11-13/h4,8,11-12,14-15,24H,3,5-7,9-10H2,1-2H3/t14-,15+/m1/s1. The average molecular weight is 359 g/mol. The highest BCUT2D eigenvalue weighted by molar-refractivity contribution is 5.93. The maximum atomic E-state index is 12.6. The molecule has 0 bridgehead atoms. The van der Waals surface area contributed by atoms with Crippen molar-refractivity contribution in [1.82, 2.24) is 24.6 Å². The van der Waals surface area contributed by atoms with E-state index in [1.807, 2.05) is 4.90 Å². The van der Waals surface area contributed by atoms with Gasteiger partial charge in [-0.1, -0.05) is 0 Å². The van der Waals surface area contributed by atoms with Crippen molar-refractivity contribution < 1.29 is 14.3 Å². The molecule has 0 spiro atoms. The lowest BCUT2D eigenvalue weighted by Crippen LogP contribution is -2.34. The molecule has 0 aliphatic carbocycles. The summed E-state index contributed by atoms with van der Waals surface area (Å²) in [7, 11) is 0. The molecule has 4 rings (SSSR count). The van der Waals surface area contributed by atoms with Crippen LogP contribution in [-0.2, 0) is 13.0 Å². The van der Waals surface area contributed by atoms with Gasteiger partial charge in [-0.3, -0.25) is 9.69 Å². The van der Waals surface area contributed by atoms with Crippen molar-refractivity contribution in [1.29, 1.82) is 0 Å². The van der Waals surface area contributed by atoms with Gasteiger partial charge < -0.3 is 19.0 Å². The zero-order chi connectivity index (χ0) is 18.3. The quantitative estimate of drug-likeness (QED) is 0.883. The van der Waals surface area contributed by atoms with E-state index in [1.54, 1.807) is 6.07 Å². The van der Waals surface area contributed by atoms with Gasteiger partial charge in [-0.15, -0.1) is 10.2 Å². The van der Waals surface area contributed by atoms with Gasteiger partial charge >= 0.3 is 0 Å². The Hall–Kier alpha value is -2.19. The fraction of sp³-hybridized carbons (Fsp3) is 0.611. The lowest BCUT2D eigenvalue weighted by molar-refractivity contribution is 0.0757. The molecule has 2 aromatic heterocycles. The molecule has 1 fully saturated rings. The molecule has 0 unspecified atom stereocenters. The highest BCUT2D eigenvalue weighted by Gasteiger charge is 2.37. The SMILES string of the molecule is CC(C)N1C[C@H](O)C[C@H]1c1nnc2n1CCN(C(=O)c1ccoc1)CC2. The molecule has 0 radical (unpaired) electrons. The van der Waals surface area contributed by atoms with Gasteiger partial charge in [-0.2, -0.15) is 0 Å². The normalized spacial score (nSPS) is 24.1. The summed E-state index contributed by atoms with van der Waals surface area (Å²) in [5, 5.41) is 19.0. The van der Waals surface area contributed by atoms with Gasteiger partial charge in [0.2, 0.25) is 0 Å². The number of nitrogens with zero attached hydrogens (tertiary/aromatic N) is 5. The van der Waals surface area contributed by atoms with E-state index in [0.717, 1.165) is 11.6 Å². The minimum atomic E-state index is -0.333. The maximum Gasteiger partial charge on any atom is 0.257 e. The van der Waals surface area contributed by atoms with Crippen molar-refractivity contribution in [2.75, 3.05) is 19.6 Å². The molecule has 26 heavy (non-hydrogen) atoms. The first-order valence-corrected chi connectivity index (χ1v) is 9.22. The number of rotatable bonds is 3. The summed E-state index contributed by atoms with van der Waals surface area (Å²) in [5.74, 6) is 1.80. The molecule has 1 saturated heterocycles. The minimum absolute atomic E-state index is 0.0147. The van der Waals surface area contributed by atoms with Crippen molar-refractivity contribution in [2.45, 2.75) is 51.4 Å². The van der Waals surface area contributed by atoms with Crippen molar-refractivity contribution in [3.05, 3.63) is 35.8 Å². The van der Waals surface area contributed by atoms with Crippen molar-refractivity contribution in [3.63, 3.8) is 0 Å². The third-order valence-electron chi connectivity index (χ3n) is 5.39. The molecule has 8 heteroatoms. The fourth-order valence-electron chi connectivity index (χ4n) is 4.03. The van der Waals surface area contributed by atoms with Crippen molar-refractivity contribution >= 4 is 5.91 Å². The number of β-amino-alcohol motifs (C(OH)–C–C–N with tert-alkyl or cyclic N) is 1. The van der Waals surface area contributed by atoms with Crippen LogP contribution in [0.15, 0.2) is 23.0 Å². The number of hydrogen-bond acceptors (Lipinski definition) is 6. The number of hydrogen-bond donors (Lipinski definition) is 1. The van der Waals surface area contributed by atoms with E-state index in [4.69, 9.17) is 4.42 Å². The Balaban J connectivity index is 1.54. The molecule has 140 valence electrons. The van der Waals surface area contributed by atoms with Crippen LogP contribution in [0.25, 0.3) is 0 Å². The van der Waals surface area contributed by atoms with Crippen LogP contribution < -0.4 is 0 Å². The van der Waals surface area contributed by atoms with Crippen LogP contribution in [-0.4, -0.2) is 67.4 Å². The van der Waals surface area contributed by atoms with E-state index >= 15 is 0 Å². The first kappa shape index (κ1) is 17.2. The summed E-state index contributed by atoms with van der Waals surface area (Å²) in [6.45, 7) is 6.82. The highest BCUT2D eigenvalue weighted by atomic mass is 16.3. The van der Waals surface area contributed by atoms with Gasteiger partial charge in [0, 0.05) is 38.6 Å². The topological polar surface area (TPSA) is 87.6 Å². The number of aromatic nitrogens is 3. The van der Waals surface area contributed by atoms with Crippen LogP contribution in [0, 0.1) is 0 Å². The Labute approximate surface area is 152 Å². The van der Waals surface area contributed by atoms with Crippen LogP contribution >= 0.6 is 0 Å². The third-order valence-corrected chi connectivity index (χ3v) is 5.39. The Morgan fingerprint density at radius 2 is 2.15 bits per heavy atom. The molecule has 2 aliphatic heterocycles. The predicted octanol–water partition coefficient (Wildman–Crippen LogP) is 1.09. The van der Waals surface area contributed by atoms with Crippen molar-refractivity contribution in [3.8, 4) is 0 Å². The second-order valence-corrected chi connectivity index (χ2v) is 7.38. The molecule has 0 aromatic carbocycles. The van der Waals surface area contributed by atoms with Gasteiger partial charge in [0.15, 0.2) is 5.82 Å². The Kier molecular flexibility index (Phi) is 4.54. The van der Waals surface area contributed by atoms with E-state index in [-0.39, 0.29) is 18.1 Å². The Bertz CT molecular complexity index is 770. The number of aliphatic hydroxyl groups is 1. The third kappa shape index (κ3) is 3.03. The number of likely N-dealkylation sites (tertiary alicyclic amines) is 1. The Morgan fingerprint density at radius 3 is 2.88 bits per heavy atom. The fourth-order valence-corrected chi connectivity index (χ4v) is 4.03. The number of aliphatic hydroxyl groups excluding tert-OH is 1. The molecule has 4 heterocycles. The summed E-state index contributed by atoms with van der Waals surface area (Å²) < 4.78 is 7.17. The lowest BCUT2D eigenvalue weighted by atomic mass is 10.1. The minimum Gasteiger partial charge on any atom is -0.472 e. The smallest absolute Gasteiger partial charge is 0.257 e. The predicted molar refractivity (Wildman–Crippen MR) is 93.5 cm³/mol. The van der Waals surface area contributed by atoms with Gasteiger partial charge in [-0.25, -0.2) is 0 Å². The van der Waals surface area contributed by atoms with E-state index < -0.39 is 0 Å².